The van der Waals surface area contributed by atoms with E-state index in [-0.39, 0.29) is 28.3 Å². The van der Waals surface area contributed by atoms with E-state index in [1.165, 1.54) is 32.1 Å². The third-order valence-electron chi connectivity index (χ3n) is 5.10. The first kappa shape index (κ1) is 19.5. The van der Waals surface area contributed by atoms with Crippen molar-refractivity contribution in [3.8, 4) is 0 Å². The summed E-state index contributed by atoms with van der Waals surface area (Å²) in [4.78, 5) is 12.9. The highest BCUT2D eigenvalue weighted by Gasteiger charge is 2.40. The van der Waals surface area contributed by atoms with Gasteiger partial charge in [-0.3, -0.25) is 4.79 Å². The maximum atomic E-state index is 12.9. The van der Waals surface area contributed by atoms with Crippen LogP contribution >= 0.6 is 0 Å². The van der Waals surface area contributed by atoms with Gasteiger partial charge in [-0.15, -0.1) is 0 Å². The lowest BCUT2D eigenvalue weighted by atomic mass is 9.72. The number of carbonyl (C=O) groups excluding carboxylic acids is 1. The third kappa shape index (κ3) is 5.93. The van der Waals surface area contributed by atoms with Gasteiger partial charge in [0, 0.05) is 0 Å². The van der Waals surface area contributed by atoms with Gasteiger partial charge in [-0.05, 0) is 49.9 Å². The summed E-state index contributed by atoms with van der Waals surface area (Å²) in [7, 11) is 0. The Morgan fingerprint density at radius 3 is 1.86 bits per heavy atom. The van der Waals surface area contributed by atoms with E-state index in [9.17, 15) is 4.79 Å². The van der Waals surface area contributed by atoms with Crippen LogP contribution in [0.1, 0.15) is 93.9 Å². The first-order valence-electron chi connectivity index (χ1n) is 9.06. The van der Waals surface area contributed by atoms with Crippen LogP contribution in [0.15, 0.2) is 0 Å². The lowest BCUT2D eigenvalue weighted by Gasteiger charge is -2.40. The molecule has 0 radical (unpaired) electrons. The maximum Gasteiger partial charge on any atom is 0.310 e. The average Bonchev–Trinajstić information content (AvgIpc) is 2.34. The predicted octanol–water partition coefficient (Wildman–Crippen LogP) is 5.99. The first-order valence-corrected chi connectivity index (χ1v) is 9.06. The molecule has 1 saturated carbocycles. The van der Waals surface area contributed by atoms with Gasteiger partial charge in [-0.2, -0.15) is 0 Å². The van der Waals surface area contributed by atoms with Crippen molar-refractivity contribution in [3.63, 3.8) is 0 Å². The van der Waals surface area contributed by atoms with E-state index in [4.69, 9.17) is 4.74 Å². The van der Waals surface area contributed by atoms with Crippen molar-refractivity contribution in [1.29, 1.82) is 0 Å². The summed E-state index contributed by atoms with van der Waals surface area (Å²) >= 11 is 0. The smallest absolute Gasteiger partial charge is 0.310 e. The molecule has 1 unspecified atom stereocenters. The number of ether oxygens (including phenoxy) is 1. The summed E-state index contributed by atoms with van der Waals surface area (Å²) in [5.74, 6) is 0.466. The molecule has 1 atom stereocenters. The van der Waals surface area contributed by atoms with Crippen LogP contribution in [0.5, 0.6) is 0 Å². The Bertz CT molecular complexity index is 362. The van der Waals surface area contributed by atoms with Crippen molar-refractivity contribution in [2.24, 2.45) is 22.7 Å². The molecule has 0 aromatic carbocycles. The number of hydrogen-bond acceptors (Lipinski definition) is 2. The van der Waals surface area contributed by atoms with Crippen LogP contribution in [-0.2, 0) is 9.53 Å². The van der Waals surface area contributed by atoms with Crippen LogP contribution < -0.4 is 0 Å². The molecule has 0 heterocycles. The minimum absolute atomic E-state index is 0.00185. The summed E-state index contributed by atoms with van der Waals surface area (Å²) in [6.07, 6.45) is 7.14. The molecule has 2 nitrogen and oxygen atoms in total. The summed E-state index contributed by atoms with van der Waals surface area (Å²) < 4.78 is 6.07. The summed E-state index contributed by atoms with van der Waals surface area (Å²) in [6.45, 7) is 17.3. The van der Waals surface area contributed by atoms with Crippen LogP contribution in [0, 0.1) is 22.7 Å². The molecule has 0 amide bonds. The molecule has 0 N–H and O–H groups in total. The largest absolute Gasteiger partial charge is 0.459 e. The van der Waals surface area contributed by atoms with Crippen molar-refractivity contribution >= 4 is 5.97 Å². The third-order valence-corrected chi connectivity index (χ3v) is 5.10. The standard InChI is InChI=1S/C20H38O2/c1-18(2,3)14-16(19(4,5)6)17(21)22-20(7,8)15-12-10-9-11-13-15/h15-16H,9-14H2,1-8H3. The van der Waals surface area contributed by atoms with E-state index in [0.717, 1.165) is 6.42 Å². The van der Waals surface area contributed by atoms with Gasteiger partial charge in [0.15, 0.2) is 0 Å². The highest BCUT2D eigenvalue weighted by molar-refractivity contribution is 5.73. The zero-order valence-electron chi connectivity index (χ0n) is 16.2. The molecule has 0 bridgehead atoms. The van der Waals surface area contributed by atoms with Gasteiger partial charge in [0.25, 0.3) is 0 Å². The van der Waals surface area contributed by atoms with E-state index < -0.39 is 0 Å². The molecule has 1 fully saturated rings. The van der Waals surface area contributed by atoms with Gasteiger partial charge >= 0.3 is 5.97 Å². The molecule has 1 aliphatic carbocycles. The van der Waals surface area contributed by atoms with Crippen LogP contribution in [0.25, 0.3) is 0 Å². The van der Waals surface area contributed by atoms with Crippen molar-refractivity contribution in [3.05, 3.63) is 0 Å². The normalized spacial score (nSPS) is 19.8. The Labute approximate surface area is 138 Å². The summed E-state index contributed by atoms with van der Waals surface area (Å²) in [6, 6.07) is 0. The summed E-state index contributed by atoms with van der Waals surface area (Å²) in [5.41, 5.74) is -0.266. The predicted molar refractivity (Wildman–Crippen MR) is 93.8 cm³/mol. The van der Waals surface area contributed by atoms with Gasteiger partial charge in [0.1, 0.15) is 5.60 Å². The van der Waals surface area contributed by atoms with Crippen molar-refractivity contribution < 1.29 is 9.53 Å². The first-order chi connectivity index (χ1) is 9.83. The van der Waals surface area contributed by atoms with Crippen LogP contribution in [0.3, 0.4) is 0 Å². The maximum absolute atomic E-state index is 12.9. The zero-order valence-corrected chi connectivity index (χ0v) is 16.2. The number of hydrogen-bond donors (Lipinski definition) is 0. The topological polar surface area (TPSA) is 26.3 Å². The van der Waals surface area contributed by atoms with Gasteiger partial charge in [-0.1, -0.05) is 60.8 Å². The molecule has 22 heavy (non-hydrogen) atoms. The molecule has 130 valence electrons. The molecule has 0 saturated heterocycles. The fourth-order valence-electron chi connectivity index (χ4n) is 3.57. The van der Waals surface area contributed by atoms with Crippen molar-refractivity contribution in [2.75, 3.05) is 0 Å². The fourth-order valence-corrected chi connectivity index (χ4v) is 3.57. The Morgan fingerprint density at radius 1 is 0.955 bits per heavy atom. The highest BCUT2D eigenvalue weighted by Crippen LogP contribution is 2.40. The van der Waals surface area contributed by atoms with Crippen molar-refractivity contribution in [2.45, 2.75) is 99.5 Å². The van der Waals surface area contributed by atoms with E-state index in [2.05, 4.69) is 55.4 Å². The second-order valence-corrected chi connectivity index (χ2v) is 10.0. The monoisotopic (exact) mass is 310 g/mol. The van der Waals surface area contributed by atoms with Gasteiger partial charge in [0.2, 0.25) is 0 Å². The van der Waals surface area contributed by atoms with Gasteiger partial charge < -0.3 is 4.74 Å². The zero-order chi connectivity index (χ0) is 17.2. The highest BCUT2D eigenvalue weighted by atomic mass is 16.6. The minimum atomic E-state index is -0.334. The van der Waals surface area contributed by atoms with Crippen LogP contribution in [0.4, 0.5) is 0 Å². The Hall–Kier alpha value is -0.530. The van der Waals surface area contributed by atoms with Crippen LogP contribution in [-0.4, -0.2) is 11.6 Å². The lowest BCUT2D eigenvalue weighted by Crippen LogP contribution is -2.42. The molecular weight excluding hydrogens is 272 g/mol. The summed E-state index contributed by atoms with van der Waals surface area (Å²) in [5, 5.41) is 0. The van der Waals surface area contributed by atoms with Crippen LogP contribution in [0.2, 0.25) is 0 Å². The fraction of sp³-hybridized carbons (Fsp3) is 0.950. The second kappa shape index (κ2) is 6.93. The molecule has 0 spiro atoms. The quantitative estimate of drug-likeness (QED) is 0.596. The Balaban J connectivity index is 2.81. The van der Waals surface area contributed by atoms with E-state index in [0.29, 0.717) is 5.92 Å². The van der Waals surface area contributed by atoms with Crippen molar-refractivity contribution in [1.82, 2.24) is 0 Å². The van der Waals surface area contributed by atoms with Gasteiger partial charge in [0.05, 0.1) is 5.92 Å². The molecule has 0 aromatic rings. The molecule has 2 heteroatoms. The lowest BCUT2D eigenvalue weighted by molar-refractivity contribution is -0.173. The Morgan fingerprint density at radius 2 is 1.45 bits per heavy atom. The molecule has 1 aliphatic rings. The van der Waals surface area contributed by atoms with E-state index in [1.54, 1.807) is 0 Å². The molecule has 0 aromatic heterocycles. The number of rotatable bonds is 4. The molecular formula is C20H38O2. The SMILES string of the molecule is CC(C)(C)CC(C(=O)OC(C)(C)C1CCCCC1)C(C)(C)C. The average molecular weight is 311 g/mol. The number of esters is 1. The van der Waals surface area contributed by atoms with Gasteiger partial charge in [-0.25, -0.2) is 0 Å². The number of carbonyl (C=O) groups is 1. The molecule has 1 rings (SSSR count). The molecule has 0 aliphatic heterocycles. The van der Waals surface area contributed by atoms with E-state index >= 15 is 0 Å². The second-order valence-electron chi connectivity index (χ2n) is 10.0. The van der Waals surface area contributed by atoms with E-state index in [1.807, 2.05) is 0 Å². The minimum Gasteiger partial charge on any atom is -0.459 e. The Kier molecular flexibility index (Phi) is 6.14.